The fourth-order valence-electron chi connectivity index (χ4n) is 4.50. The second-order valence-electron chi connectivity index (χ2n) is 6.90. The molecule has 0 amide bonds. The molecule has 0 spiro atoms. The van der Waals surface area contributed by atoms with Crippen LogP contribution in [0, 0.1) is 30.5 Å². The molecule has 0 bridgehead atoms. The number of nitrogens with two attached hydrogens (primary N) is 1. The zero-order chi connectivity index (χ0) is 14.1. The molecule has 2 heteroatoms. The number of benzene rings is 1. The minimum absolute atomic E-state index is 0.0819. The Hall–Kier alpha value is -0.890. The highest BCUT2D eigenvalue weighted by atomic mass is 19.1. The Morgan fingerprint density at radius 1 is 1.10 bits per heavy atom. The van der Waals surface area contributed by atoms with E-state index >= 15 is 0 Å². The molecule has 2 N–H and O–H groups in total. The standard InChI is InChI=1S/C18H26FN/c1-12-10-16(19)8-9-17(12)18(20)15-7-6-13-4-2-3-5-14(13)11-15/h8-10,13-15,18H,2-7,11,20H2,1H3. The molecule has 4 atom stereocenters. The Labute approximate surface area is 121 Å². The van der Waals surface area contributed by atoms with E-state index in [4.69, 9.17) is 5.73 Å². The Kier molecular flexibility index (Phi) is 4.11. The average Bonchev–Trinajstić information content (AvgIpc) is 2.46. The summed E-state index contributed by atoms with van der Waals surface area (Å²) >= 11 is 0. The summed E-state index contributed by atoms with van der Waals surface area (Å²) in [5.41, 5.74) is 8.67. The molecule has 0 saturated heterocycles. The van der Waals surface area contributed by atoms with E-state index in [1.807, 2.05) is 13.0 Å². The number of halogens is 1. The Bertz CT molecular complexity index is 470. The first kappa shape index (κ1) is 14.1. The van der Waals surface area contributed by atoms with Crippen LogP contribution in [0.5, 0.6) is 0 Å². The van der Waals surface area contributed by atoms with Gasteiger partial charge in [0.25, 0.3) is 0 Å². The second kappa shape index (κ2) is 5.85. The smallest absolute Gasteiger partial charge is 0.123 e. The second-order valence-corrected chi connectivity index (χ2v) is 6.90. The molecule has 3 rings (SSSR count). The van der Waals surface area contributed by atoms with Gasteiger partial charge in [0.15, 0.2) is 0 Å². The summed E-state index contributed by atoms with van der Waals surface area (Å²) in [6.07, 6.45) is 9.54. The average molecular weight is 275 g/mol. The van der Waals surface area contributed by atoms with E-state index in [1.165, 1.54) is 44.9 Å². The topological polar surface area (TPSA) is 26.0 Å². The van der Waals surface area contributed by atoms with E-state index in [0.29, 0.717) is 5.92 Å². The molecule has 20 heavy (non-hydrogen) atoms. The molecule has 0 aliphatic heterocycles. The maximum atomic E-state index is 13.2. The van der Waals surface area contributed by atoms with Crippen LogP contribution in [0.15, 0.2) is 18.2 Å². The summed E-state index contributed by atoms with van der Waals surface area (Å²) in [4.78, 5) is 0. The molecule has 1 aromatic rings. The summed E-state index contributed by atoms with van der Waals surface area (Å²) in [6.45, 7) is 1.98. The van der Waals surface area contributed by atoms with Crippen LogP contribution < -0.4 is 5.73 Å². The van der Waals surface area contributed by atoms with Crippen molar-refractivity contribution in [2.45, 2.75) is 57.9 Å². The third kappa shape index (κ3) is 2.76. The predicted molar refractivity (Wildman–Crippen MR) is 80.9 cm³/mol. The lowest BCUT2D eigenvalue weighted by Gasteiger charge is -2.41. The lowest BCUT2D eigenvalue weighted by atomic mass is 9.65. The zero-order valence-corrected chi connectivity index (χ0v) is 12.4. The molecule has 2 aliphatic carbocycles. The maximum absolute atomic E-state index is 13.2. The van der Waals surface area contributed by atoms with Gasteiger partial charge in [-0.2, -0.15) is 0 Å². The van der Waals surface area contributed by atoms with Gasteiger partial charge in [-0.25, -0.2) is 4.39 Å². The van der Waals surface area contributed by atoms with Gasteiger partial charge in [-0.1, -0.05) is 31.7 Å². The van der Waals surface area contributed by atoms with Crippen LogP contribution in [0.3, 0.4) is 0 Å². The van der Waals surface area contributed by atoms with Crippen molar-refractivity contribution in [2.24, 2.45) is 23.5 Å². The van der Waals surface area contributed by atoms with E-state index in [9.17, 15) is 4.39 Å². The molecule has 0 heterocycles. The molecule has 2 aliphatic rings. The summed E-state index contributed by atoms with van der Waals surface area (Å²) in [6, 6.07) is 5.14. The first-order valence-electron chi connectivity index (χ1n) is 8.17. The number of aryl methyl sites for hydroxylation is 1. The summed E-state index contributed by atoms with van der Waals surface area (Å²) in [5, 5.41) is 0. The number of hydrogen-bond donors (Lipinski definition) is 1. The molecular weight excluding hydrogens is 249 g/mol. The van der Waals surface area contributed by atoms with E-state index in [0.717, 1.165) is 23.0 Å². The Morgan fingerprint density at radius 2 is 1.85 bits per heavy atom. The minimum Gasteiger partial charge on any atom is -0.324 e. The maximum Gasteiger partial charge on any atom is 0.123 e. The van der Waals surface area contributed by atoms with Gasteiger partial charge in [0, 0.05) is 6.04 Å². The Balaban J connectivity index is 1.72. The van der Waals surface area contributed by atoms with Crippen LogP contribution in [-0.4, -0.2) is 0 Å². The van der Waals surface area contributed by atoms with Crippen LogP contribution in [-0.2, 0) is 0 Å². The van der Waals surface area contributed by atoms with Gasteiger partial charge in [0.1, 0.15) is 5.82 Å². The number of hydrogen-bond acceptors (Lipinski definition) is 1. The van der Waals surface area contributed by atoms with E-state index in [-0.39, 0.29) is 11.9 Å². The quantitative estimate of drug-likeness (QED) is 0.829. The molecular formula is C18H26FN. The zero-order valence-electron chi connectivity index (χ0n) is 12.4. The van der Waals surface area contributed by atoms with Crippen LogP contribution in [0.25, 0.3) is 0 Å². The summed E-state index contributed by atoms with van der Waals surface area (Å²) in [7, 11) is 0. The Morgan fingerprint density at radius 3 is 2.60 bits per heavy atom. The SMILES string of the molecule is Cc1cc(F)ccc1C(N)C1CCC2CCCCC2C1. The van der Waals surface area contributed by atoms with Crippen molar-refractivity contribution in [3.8, 4) is 0 Å². The largest absolute Gasteiger partial charge is 0.324 e. The fraction of sp³-hybridized carbons (Fsp3) is 0.667. The van der Waals surface area contributed by atoms with E-state index < -0.39 is 0 Å². The van der Waals surface area contributed by atoms with E-state index in [2.05, 4.69) is 0 Å². The first-order valence-corrected chi connectivity index (χ1v) is 8.17. The molecule has 4 unspecified atom stereocenters. The highest BCUT2D eigenvalue weighted by Gasteiger charge is 2.35. The van der Waals surface area contributed by atoms with Gasteiger partial charge in [0.2, 0.25) is 0 Å². The first-order chi connectivity index (χ1) is 9.65. The number of rotatable bonds is 2. The van der Waals surface area contributed by atoms with Crippen molar-refractivity contribution in [3.05, 3.63) is 35.1 Å². The van der Waals surface area contributed by atoms with Crippen molar-refractivity contribution in [3.63, 3.8) is 0 Å². The molecule has 110 valence electrons. The van der Waals surface area contributed by atoms with Crippen LogP contribution >= 0.6 is 0 Å². The van der Waals surface area contributed by atoms with Crippen LogP contribution in [0.1, 0.15) is 62.1 Å². The van der Waals surface area contributed by atoms with Crippen molar-refractivity contribution < 1.29 is 4.39 Å². The van der Waals surface area contributed by atoms with Crippen molar-refractivity contribution in [2.75, 3.05) is 0 Å². The van der Waals surface area contributed by atoms with Crippen molar-refractivity contribution in [1.82, 2.24) is 0 Å². The molecule has 0 radical (unpaired) electrons. The van der Waals surface area contributed by atoms with Crippen LogP contribution in [0.2, 0.25) is 0 Å². The van der Waals surface area contributed by atoms with Gasteiger partial charge in [-0.05, 0) is 67.2 Å². The lowest BCUT2D eigenvalue weighted by molar-refractivity contribution is 0.117. The van der Waals surface area contributed by atoms with Crippen LogP contribution in [0.4, 0.5) is 4.39 Å². The minimum atomic E-state index is -0.158. The highest BCUT2D eigenvalue weighted by molar-refractivity contribution is 5.29. The van der Waals surface area contributed by atoms with Crippen molar-refractivity contribution >= 4 is 0 Å². The highest BCUT2D eigenvalue weighted by Crippen LogP contribution is 2.45. The molecule has 2 fully saturated rings. The molecule has 1 nitrogen and oxygen atoms in total. The van der Waals surface area contributed by atoms with Gasteiger partial charge < -0.3 is 5.73 Å². The summed E-state index contributed by atoms with van der Waals surface area (Å²) in [5.74, 6) is 2.28. The van der Waals surface area contributed by atoms with Gasteiger partial charge >= 0.3 is 0 Å². The fourth-order valence-corrected chi connectivity index (χ4v) is 4.50. The van der Waals surface area contributed by atoms with Gasteiger partial charge in [0.05, 0.1) is 0 Å². The molecule has 0 aromatic heterocycles. The van der Waals surface area contributed by atoms with E-state index in [1.54, 1.807) is 12.1 Å². The molecule has 2 saturated carbocycles. The third-order valence-electron chi connectivity index (χ3n) is 5.68. The normalized spacial score (nSPS) is 31.6. The number of fused-ring (bicyclic) bond motifs is 1. The van der Waals surface area contributed by atoms with Crippen molar-refractivity contribution in [1.29, 1.82) is 0 Å². The lowest BCUT2D eigenvalue weighted by Crippen LogP contribution is -2.33. The third-order valence-corrected chi connectivity index (χ3v) is 5.68. The predicted octanol–water partition coefficient (Wildman–Crippen LogP) is 4.74. The monoisotopic (exact) mass is 275 g/mol. The molecule has 1 aromatic carbocycles. The summed E-state index contributed by atoms with van der Waals surface area (Å²) < 4.78 is 13.2. The van der Waals surface area contributed by atoms with Gasteiger partial charge in [-0.15, -0.1) is 0 Å². The van der Waals surface area contributed by atoms with Gasteiger partial charge in [-0.3, -0.25) is 0 Å².